The summed E-state index contributed by atoms with van der Waals surface area (Å²) in [6.45, 7) is 2.22. The van der Waals surface area contributed by atoms with Crippen molar-refractivity contribution in [3.63, 3.8) is 0 Å². The lowest BCUT2D eigenvalue weighted by molar-refractivity contribution is 0.421. The number of aryl methyl sites for hydroxylation is 1. The average Bonchev–Trinajstić information content (AvgIpc) is 3.11. The third-order valence-electron chi connectivity index (χ3n) is 4.32. The minimum Gasteiger partial charge on any atom is -0.313 e. The van der Waals surface area contributed by atoms with Crippen molar-refractivity contribution in [2.45, 2.75) is 44.6 Å². The number of hydrogen-bond donors (Lipinski definition) is 1. The van der Waals surface area contributed by atoms with E-state index in [0.717, 1.165) is 11.8 Å². The SMILES string of the molecule is CNC1CCC(C2CC2)c2cc(C)ccc21. The molecule has 2 unspecified atom stereocenters. The van der Waals surface area contributed by atoms with E-state index < -0.39 is 0 Å². The zero-order valence-corrected chi connectivity index (χ0v) is 10.3. The second kappa shape index (κ2) is 3.89. The van der Waals surface area contributed by atoms with E-state index in [9.17, 15) is 0 Å². The molecule has 1 heteroatoms. The Morgan fingerprint density at radius 2 is 1.88 bits per heavy atom. The molecule has 2 aliphatic carbocycles. The molecule has 3 rings (SSSR count). The van der Waals surface area contributed by atoms with Crippen LogP contribution in [0.4, 0.5) is 0 Å². The van der Waals surface area contributed by atoms with Gasteiger partial charge in [0.25, 0.3) is 0 Å². The summed E-state index contributed by atoms with van der Waals surface area (Å²) in [5.41, 5.74) is 4.63. The highest BCUT2D eigenvalue weighted by Crippen LogP contribution is 2.50. The zero-order chi connectivity index (χ0) is 11.1. The van der Waals surface area contributed by atoms with Crippen LogP contribution in [0.15, 0.2) is 18.2 Å². The Balaban J connectivity index is 2.02. The van der Waals surface area contributed by atoms with Crippen molar-refractivity contribution in [2.75, 3.05) is 7.05 Å². The molecule has 1 nitrogen and oxygen atoms in total. The number of rotatable bonds is 2. The maximum absolute atomic E-state index is 3.46. The smallest absolute Gasteiger partial charge is 0.0320 e. The quantitative estimate of drug-likeness (QED) is 0.795. The molecule has 1 aromatic carbocycles. The van der Waals surface area contributed by atoms with Crippen LogP contribution in [0.2, 0.25) is 0 Å². The standard InChI is InChI=1S/C15H21N/c1-10-3-6-13-14(9-10)12(11-4-5-11)7-8-15(13)16-2/h3,6,9,11-12,15-16H,4-5,7-8H2,1-2H3. The van der Waals surface area contributed by atoms with Crippen LogP contribution >= 0.6 is 0 Å². The molecule has 0 spiro atoms. The molecule has 0 radical (unpaired) electrons. The van der Waals surface area contributed by atoms with E-state index >= 15 is 0 Å². The van der Waals surface area contributed by atoms with Crippen LogP contribution < -0.4 is 5.32 Å². The van der Waals surface area contributed by atoms with Crippen LogP contribution in [0.3, 0.4) is 0 Å². The van der Waals surface area contributed by atoms with E-state index in [1.807, 2.05) is 0 Å². The Bertz CT molecular complexity index is 392. The van der Waals surface area contributed by atoms with E-state index in [4.69, 9.17) is 0 Å². The molecule has 16 heavy (non-hydrogen) atoms. The van der Waals surface area contributed by atoms with E-state index in [1.165, 1.54) is 31.2 Å². The van der Waals surface area contributed by atoms with E-state index in [1.54, 1.807) is 11.1 Å². The van der Waals surface area contributed by atoms with Gasteiger partial charge in [0.1, 0.15) is 0 Å². The first-order valence-corrected chi connectivity index (χ1v) is 6.57. The van der Waals surface area contributed by atoms with Crippen LogP contribution in [-0.2, 0) is 0 Å². The highest BCUT2D eigenvalue weighted by atomic mass is 14.9. The molecule has 86 valence electrons. The summed E-state index contributed by atoms with van der Waals surface area (Å²) in [7, 11) is 2.09. The van der Waals surface area contributed by atoms with E-state index in [0.29, 0.717) is 6.04 Å². The Labute approximate surface area is 98.3 Å². The summed E-state index contributed by atoms with van der Waals surface area (Å²) in [5, 5.41) is 3.46. The predicted molar refractivity (Wildman–Crippen MR) is 67.7 cm³/mol. The van der Waals surface area contributed by atoms with Gasteiger partial charge in [0.15, 0.2) is 0 Å². The first kappa shape index (κ1) is 10.3. The number of nitrogens with one attached hydrogen (secondary N) is 1. The largest absolute Gasteiger partial charge is 0.313 e. The van der Waals surface area contributed by atoms with E-state index in [-0.39, 0.29) is 0 Å². The molecule has 1 fully saturated rings. The Kier molecular flexibility index (Phi) is 2.51. The lowest BCUT2D eigenvalue weighted by atomic mass is 9.77. The van der Waals surface area contributed by atoms with Gasteiger partial charge in [-0.05, 0) is 62.6 Å². The number of hydrogen-bond acceptors (Lipinski definition) is 1. The molecule has 0 aromatic heterocycles. The van der Waals surface area contributed by atoms with Gasteiger partial charge < -0.3 is 5.32 Å². The van der Waals surface area contributed by atoms with E-state index in [2.05, 4.69) is 37.5 Å². The van der Waals surface area contributed by atoms with Gasteiger partial charge in [-0.3, -0.25) is 0 Å². The van der Waals surface area contributed by atoms with Crippen molar-refractivity contribution in [1.82, 2.24) is 5.32 Å². The third-order valence-corrected chi connectivity index (χ3v) is 4.32. The average molecular weight is 215 g/mol. The molecule has 0 amide bonds. The summed E-state index contributed by atoms with van der Waals surface area (Å²) >= 11 is 0. The Hall–Kier alpha value is -0.820. The second-order valence-corrected chi connectivity index (χ2v) is 5.49. The second-order valence-electron chi connectivity index (χ2n) is 5.49. The van der Waals surface area contributed by atoms with Gasteiger partial charge in [-0.25, -0.2) is 0 Å². The summed E-state index contributed by atoms with van der Waals surface area (Å²) in [5.74, 6) is 1.86. The van der Waals surface area contributed by atoms with Gasteiger partial charge in [-0.15, -0.1) is 0 Å². The zero-order valence-electron chi connectivity index (χ0n) is 10.3. The number of benzene rings is 1. The fraction of sp³-hybridized carbons (Fsp3) is 0.600. The van der Waals surface area contributed by atoms with Gasteiger partial charge in [-0.1, -0.05) is 23.8 Å². The maximum atomic E-state index is 3.46. The van der Waals surface area contributed by atoms with Gasteiger partial charge in [0.2, 0.25) is 0 Å². The molecule has 1 N–H and O–H groups in total. The lowest BCUT2D eigenvalue weighted by Gasteiger charge is -2.32. The lowest BCUT2D eigenvalue weighted by Crippen LogP contribution is -2.24. The molecule has 0 bridgehead atoms. The predicted octanol–water partition coefficient (Wildman–Crippen LogP) is 3.54. The van der Waals surface area contributed by atoms with Crippen LogP contribution in [0.25, 0.3) is 0 Å². The summed E-state index contributed by atoms with van der Waals surface area (Å²) < 4.78 is 0. The topological polar surface area (TPSA) is 12.0 Å². The Morgan fingerprint density at radius 1 is 1.06 bits per heavy atom. The van der Waals surface area contributed by atoms with Crippen molar-refractivity contribution >= 4 is 0 Å². The molecule has 0 saturated heterocycles. The fourth-order valence-electron chi connectivity index (χ4n) is 3.28. The van der Waals surface area contributed by atoms with Gasteiger partial charge >= 0.3 is 0 Å². The molecule has 0 aliphatic heterocycles. The highest BCUT2D eigenvalue weighted by Gasteiger charge is 2.36. The molecule has 0 heterocycles. The Morgan fingerprint density at radius 3 is 2.56 bits per heavy atom. The van der Waals surface area contributed by atoms with Crippen LogP contribution in [0.5, 0.6) is 0 Å². The van der Waals surface area contributed by atoms with Crippen LogP contribution in [-0.4, -0.2) is 7.05 Å². The van der Waals surface area contributed by atoms with Crippen molar-refractivity contribution in [2.24, 2.45) is 5.92 Å². The first-order chi connectivity index (χ1) is 7.79. The third kappa shape index (κ3) is 1.67. The molecule has 1 aromatic rings. The normalized spacial score (nSPS) is 28.9. The molecule has 2 aliphatic rings. The van der Waals surface area contributed by atoms with Crippen molar-refractivity contribution in [1.29, 1.82) is 0 Å². The van der Waals surface area contributed by atoms with Gasteiger partial charge in [-0.2, -0.15) is 0 Å². The molecule has 1 saturated carbocycles. The first-order valence-electron chi connectivity index (χ1n) is 6.57. The monoisotopic (exact) mass is 215 g/mol. The van der Waals surface area contributed by atoms with Gasteiger partial charge in [0.05, 0.1) is 0 Å². The van der Waals surface area contributed by atoms with Crippen molar-refractivity contribution in [3.05, 3.63) is 34.9 Å². The fourth-order valence-corrected chi connectivity index (χ4v) is 3.28. The molecular weight excluding hydrogens is 194 g/mol. The summed E-state index contributed by atoms with van der Waals surface area (Å²) in [6.07, 6.45) is 5.62. The van der Waals surface area contributed by atoms with Crippen LogP contribution in [0, 0.1) is 12.8 Å². The number of fused-ring (bicyclic) bond motifs is 1. The summed E-state index contributed by atoms with van der Waals surface area (Å²) in [6, 6.07) is 7.63. The van der Waals surface area contributed by atoms with Crippen molar-refractivity contribution < 1.29 is 0 Å². The highest BCUT2D eigenvalue weighted by molar-refractivity contribution is 5.39. The summed E-state index contributed by atoms with van der Waals surface area (Å²) in [4.78, 5) is 0. The van der Waals surface area contributed by atoms with Gasteiger partial charge in [0, 0.05) is 6.04 Å². The minimum atomic E-state index is 0.589. The molecule has 2 atom stereocenters. The molecular formula is C15H21N. The van der Waals surface area contributed by atoms with Crippen molar-refractivity contribution in [3.8, 4) is 0 Å². The van der Waals surface area contributed by atoms with Crippen LogP contribution in [0.1, 0.15) is 54.3 Å². The maximum Gasteiger partial charge on any atom is 0.0320 e. The minimum absolute atomic E-state index is 0.589.